The molecular weight excluding hydrogens is 295 g/mol. The van der Waals surface area contributed by atoms with Crippen molar-refractivity contribution in [2.24, 2.45) is 0 Å². The Hall–Kier alpha value is -2.33. The SMILES string of the molecule is N#Cc1ccc(-c2n[nH]c(C(F)(F)F)c(Cl)c2=O)cc1. The summed E-state index contributed by atoms with van der Waals surface area (Å²) in [5, 5.41) is 12.8. The van der Waals surface area contributed by atoms with Gasteiger partial charge in [-0.25, -0.2) is 0 Å². The van der Waals surface area contributed by atoms with Gasteiger partial charge in [-0.15, -0.1) is 0 Å². The van der Waals surface area contributed by atoms with E-state index in [4.69, 9.17) is 16.9 Å². The van der Waals surface area contributed by atoms with Crippen LogP contribution < -0.4 is 5.43 Å². The number of hydrogen-bond donors (Lipinski definition) is 1. The van der Waals surface area contributed by atoms with E-state index < -0.39 is 22.3 Å². The number of alkyl halides is 3. The smallest absolute Gasteiger partial charge is 0.286 e. The molecule has 0 fully saturated rings. The minimum absolute atomic E-state index is 0.243. The molecule has 0 aliphatic rings. The topological polar surface area (TPSA) is 69.5 Å². The number of hydrogen-bond acceptors (Lipinski definition) is 3. The monoisotopic (exact) mass is 299 g/mol. The average Bonchev–Trinajstić information content (AvgIpc) is 2.40. The highest BCUT2D eigenvalue weighted by molar-refractivity contribution is 6.31. The maximum absolute atomic E-state index is 12.5. The molecule has 102 valence electrons. The van der Waals surface area contributed by atoms with Crippen molar-refractivity contribution in [2.45, 2.75) is 6.18 Å². The molecular formula is C12H5ClF3N3O. The molecule has 0 aliphatic carbocycles. The summed E-state index contributed by atoms with van der Waals surface area (Å²) in [4.78, 5) is 11.8. The van der Waals surface area contributed by atoms with E-state index in [9.17, 15) is 18.0 Å². The summed E-state index contributed by atoms with van der Waals surface area (Å²) < 4.78 is 37.6. The number of aromatic nitrogens is 2. The van der Waals surface area contributed by atoms with Gasteiger partial charge in [0.25, 0.3) is 0 Å². The fraction of sp³-hybridized carbons (Fsp3) is 0.0833. The first-order chi connectivity index (χ1) is 9.34. The lowest BCUT2D eigenvalue weighted by atomic mass is 10.1. The summed E-state index contributed by atoms with van der Waals surface area (Å²) in [5.41, 5.74) is -2.04. The van der Waals surface area contributed by atoms with E-state index in [1.807, 2.05) is 6.07 Å². The predicted octanol–water partition coefficient (Wildman–Crippen LogP) is 2.98. The number of nitriles is 1. The lowest BCUT2D eigenvalue weighted by Gasteiger charge is -2.09. The molecule has 1 aromatic carbocycles. The minimum Gasteiger partial charge on any atom is -0.286 e. The predicted molar refractivity (Wildman–Crippen MR) is 65.0 cm³/mol. The second-order valence-corrected chi connectivity index (χ2v) is 4.16. The Labute approximate surface area is 115 Å². The van der Waals surface area contributed by atoms with Crippen LogP contribution in [0, 0.1) is 11.3 Å². The zero-order valence-electron chi connectivity index (χ0n) is 9.62. The molecule has 4 nitrogen and oxygen atoms in total. The van der Waals surface area contributed by atoms with Crippen molar-refractivity contribution in [2.75, 3.05) is 0 Å². The van der Waals surface area contributed by atoms with Crippen molar-refractivity contribution >= 4 is 11.6 Å². The Morgan fingerprint density at radius 1 is 1.25 bits per heavy atom. The van der Waals surface area contributed by atoms with Crippen LogP contribution in [-0.4, -0.2) is 10.2 Å². The van der Waals surface area contributed by atoms with Crippen LogP contribution in [0.1, 0.15) is 11.3 Å². The first-order valence-electron chi connectivity index (χ1n) is 5.20. The zero-order chi connectivity index (χ0) is 14.9. The van der Waals surface area contributed by atoms with Gasteiger partial charge in [0.1, 0.15) is 10.7 Å². The van der Waals surface area contributed by atoms with Crippen LogP contribution in [0.3, 0.4) is 0 Å². The Balaban J connectivity index is 2.57. The molecule has 2 aromatic rings. The normalized spacial score (nSPS) is 11.2. The van der Waals surface area contributed by atoms with Gasteiger partial charge in [0.2, 0.25) is 5.43 Å². The third-order valence-corrected chi connectivity index (χ3v) is 2.84. The highest BCUT2D eigenvalue weighted by Gasteiger charge is 2.36. The van der Waals surface area contributed by atoms with E-state index >= 15 is 0 Å². The maximum Gasteiger partial charge on any atom is 0.434 e. The van der Waals surface area contributed by atoms with E-state index in [-0.39, 0.29) is 11.3 Å². The number of aromatic amines is 1. The quantitative estimate of drug-likeness (QED) is 0.880. The Kier molecular flexibility index (Phi) is 3.51. The molecule has 1 N–H and O–H groups in total. The van der Waals surface area contributed by atoms with Gasteiger partial charge < -0.3 is 0 Å². The van der Waals surface area contributed by atoms with Gasteiger partial charge in [-0.2, -0.15) is 23.5 Å². The van der Waals surface area contributed by atoms with Crippen molar-refractivity contribution in [1.82, 2.24) is 10.2 Å². The highest BCUT2D eigenvalue weighted by atomic mass is 35.5. The van der Waals surface area contributed by atoms with Gasteiger partial charge in [0.05, 0.1) is 11.6 Å². The maximum atomic E-state index is 12.5. The van der Waals surface area contributed by atoms with Gasteiger partial charge in [-0.3, -0.25) is 9.89 Å². The van der Waals surface area contributed by atoms with E-state index in [2.05, 4.69) is 5.10 Å². The molecule has 0 atom stereocenters. The van der Waals surface area contributed by atoms with E-state index in [1.165, 1.54) is 24.3 Å². The van der Waals surface area contributed by atoms with Crippen molar-refractivity contribution < 1.29 is 13.2 Å². The van der Waals surface area contributed by atoms with Crippen LogP contribution in [0.25, 0.3) is 11.3 Å². The number of nitrogens with one attached hydrogen (secondary N) is 1. The number of benzene rings is 1. The number of H-pyrrole nitrogens is 1. The Morgan fingerprint density at radius 3 is 2.35 bits per heavy atom. The third-order valence-electron chi connectivity index (χ3n) is 2.48. The molecule has 0 spiro atoms. The van der Waals surface area contributed by atoms with Crippen LogP contribution in [0.15, 0.2) is 29.1 Å². The van der Waals surface area contributed by atoms with E-state index in [0.29, 0.717) is 5.56 Å². The molecule has 0 unspecified atom stereocenters. The molecule has 8 heteroatoms. The molecule has 0 amide bonds. The minimum atomic E-state index is -4.79. The van der Waals surface area contributed by atoms with Crippen molar-refractivity contribution in [1.29, 1.82) is 5.26 Å². The zero-order valence-corrected chi connectivity index (χ0v) is 10.4. The lowest BCUT2D eigenvalue weighted by molar-refractivity contribution is -0.141. The molecule has 0 saturated carbocycles. The average molecular weight is 300 g/mol. The summed E-state index contributed by atoms with van der Waals surface area (Å²) in [6.07, 6.45) is -4.79. The molecule has 2 rings (SSSR count). The first kappa shape index (κ1) is 14.1. The number of nitrogens with zero attached hydrogens (tertiary/aromatic N) is 2. The standard InChI is InChI=1S/C12H5ClF3N3O/c13-8-10(20)9(18-19-11(8)12(14,15)16)7-3-1-6(5-17)2-4-7/h1-4H,(H,19,20). The Morgan fingerprint density at radius 2 is 1.85 bits per heavy atom. The molecule has 0 radical (unpaired) electrons. The molecule has 0 saturated heterocycles. The number of rotatable bonds is 1. The molecule has 0 aliphatic heterocycles. The van der Waals surface area contributed by atoms with E-state index in [0.717, 1.165) is 0 Å². The summed E-state index contributed by atoms with van der Waals surface area (Å²) in [6, 6.07) is 7.52. The van der Waals surface area contributed by atoms with Gasteiger partial charge >= 0.3 is 6.18 Å². The van der Waals surface area contributed by atoms with E-state index in [1.54, 1.807) is 5.10 Å². The van der Waals surface area contributed by atoms with Crippen LogP contribution in [0.4, 0.5) is 13.2 Å². The Bertz CT molecular complexity index is 745. The fourth-order valence-corrected chi connectivity index (χ4v) is 1.75. The summed E-state index contributed by atoms with van der Waals surface area (Å²) in [6.45, 7) is 0. The lowest BCUT2D eigenvalue weighted by Crippen LogP contribution is -2.19. The van der Waals surface area contributed by atoms with Crippen LogP contribution in [-0.2, 0) is 6.18 Å². The van der Waals surface area contributed by atoms with Crippen LogP contribution >= 0.6 is 11.6 Å². The molecule has 20 heavy (non-hydrogen) atoms. The second-order valence-electron chi connectivity index (χ2n) is 3.78. The first-order valence-corrected chi connectivity index (χ1v) is 5.58. The van der Waals surface area contributed by atoms with Gasteiger partial charge in [0.15, 0.2) is 5.69 Å². The van der Waals surface area contributed by atoms with Crippen LogP contribution in [0.5, 0.6) is 0 Å². The fourth-order valence-electron chi connectivity index (χ4n) is 1.52. The molecule has 1 aromatic heterocycles. The van der Waals surface area contributed by atoms with Gasteiger partial charge in [0, 0.05) is 5.56 Å². The summed E-state index contributed by atoms with van der Waals surface area (Å²) in [5.74, 6) is 0. The van der Waals surface area contributed by atoms with Crippen molar-refractivity contribution in [3.8, 4) is 17.3 Å². The van der Waals surface area contributed by atoms with Gasteiger partial charge in [-0.05, 0) is 12.1 Å². The largest absolute Gasteiger partial charge is 0.434 e. The summed E-state index contributed by atoms with van der Waals surface area (Å²) >= 11 is 5.44. The third kappa shape index (κ3) is 2.51. The molecule has 0 bridgehead atoms. The van der Waals surface area contributed by atoms with Gasteiger partial charge in [-0.1, -0.05) is 23.7 Å². The van der Waals surface area contributed by atoms with Crippen LogP contribution in [0.2, 0.25) is 5.02 Å². The number of halogens is 4. The van der Waals surface area contributed by atoms with Crippen molar-refractivity contribution in [3.63, 3.8) is 0 Å². The van der Waals surface area contributed by atoms with Crippen molar-refractivity contribution in [3.05, 3.63) is 50.8 Å². The second kappa shape index (κ2) is 4.98. The summed E-state index contributed by atoms with van der Waals surface area (Å²) in [7, 11) is 0. The molecule has 1 heterocycles. The highest BCUT2D eigenvalue weighted by Crippen LogP contribution is 2.31.